The second-order valence-electron chi connectivity index (χ2n) is 7.20. The van der Waals surface area contributed by atoms with Gasteiger partial charge in [0.2, 0.25) is 17.8 Å². The number of anilines is 2. The van der Waals surface area contributed by atoms with Crippen molar-refractivity contribution in [2.75, 3.05) is 37.0 Å². The van der Waals surface area contributed by atoms with Gasteiger partial charge >= 0.3 is 0 Å². The van der Waals surface area contributed by atoms with Gasteiger partial charge in [0.25, 0.3) is 0 Å². The van der Waals surface area contributed by atoms with Crippen molar-refractivity contribution in [2.24, 2.45) is 0 Å². The van der Waals surface area contributed by atoms with E-state index < -0.39 is 0 Å². The van der Waals surface area contributed by atoms with Crippen LogP contribution in [0.4, 0.5) is 11.9 Å². The lowest BCUT2D eigenvalue weighted by Crippen LogP contribution is -2.32. The van der Waals surface area contributed by atoms with Crippen LogP contribution in [0, 0.1) is 6.92 Å². The zero-order valence-corrected chi connectivity index (χ0v) is 16.9. The lowest BCUT2D eigenvalue weighted by Gasteiger charge is -2.27. The van der Waals surface area contributed by atoms with Crippen molar-refractivity contribution in [3.05, 3.63) is 47.3 Å². The van der Waals surface area contributed by atoms with Crippen LogP contribution in [0.3, 0.4) is 0 Å². The number of carbonyl (C=O) groups excluding carboxylic acids is 1. The number of hydrogen-bond acceptors (Lipinski definition) is 6. The Hall–Kier alpha value is -2.96. The van der Waals surface area contributed by atoms with E-state index in [1.54, 1.807) is 6.08 Å². The number of hydrogen-bond donors (Lipinski definition) is 1. The second-order valence-corrected chi connectivity index (χ2v) is 7.20. The molecule has 3 rings (SSSR count). The highest BCUT2D eigenvalue weighted by molar-refractivity contribution is 5.91. The number of nitrogens with zero attached hydrogens (tertiary/aromatic N) is 5. The van der Waals surface area contributed by atoms with Gasteiger partial charge in [0.05, 0.1) is 6.54 Å². The summed E-state index contributed by atoms with van der Waals surface area (Å²) in [7, 11) is 3.81. The lowest BCUT2D eigenvalue weighted by molar-refractivity contribution is -0.116. The molecule has 148 valence electrons. The van der Waals surface area contributed by atoms with E-state index in [-0.39, 0.29) is 12.5 Å². The minimum absolute atomic E-state index is 0.172. The van der Waals surface area contributed by atoms with Crippen LogP contribution >= 0.6 is 0 Å². The Bertz CT molecular complexity index is 843. The molecule has 1 aliphatic rings. The maximum Gasteiger partial charge on any atom is 0.244 e. The fraction of sp³-hybridized carbons (Fsp3) is 0.429. The van der Waals surface area contributed by atoms with Gasteiger partial charge in [0.15, 0.2) is 5.82 Å². The number of nitrogens with one attached hydrogen (secondary N) is 1. The third-order valence-corrected chi connectivity index (χ3v) is 4.72. The van der Waals surface area contributed by atoms with Gasteiger partial charge < -0.3 is 15.1 Å². The molecule has 1 saturated heterocycles. The molecule has 1 N–H and O–H groups in total. The third-order valence-electron chi connectivity index (χ3n) is 4.72. The molecule has 0 aliphatic carbocycles. The molecular formula is C21H28N6O. The minimum Gasteiger partial charge on any atom is -0.347 e. The maximum absolute atomic E-state index is 12.2. The summed E-state index contributed by atoms with van der Waals surface area (Å²) in [5.74, 6) is 1.69. The Morgan fingerprint density at radius 1 is 1.14 bits per heavy atom. The zero-order valence-electron chi connectivity index (χ0n) is 16.9. The van der Waals surface area contributed by atoms with Crippen LogP contribution in [0.2, 0.25) is 0 Å². The van der Waals surface area contributed by atoms with Crippen LogP contribution in [0.25, 0.3) is 6.08 Å². The van der Waals surface area contributed by atoms with Gasteiger partial charge in [-0.3, -0.25) is 4.79 Å². The van der Waals surface area contributed by atoms with Crippen molar-refractivity contribution in [3.63, 3.8) is 0 Å². The summed E-state index contributed by atoms with van der Waals surface area (Å²) in [6.45, 7) is 4.21. The molecule has 7 heteroatoms. The summed E-state index contributed by atoms with van der Waals surface area (Å²) < 4.78 is 0. The Kier molecular flexibility index (Phi) is 6.57. The first-order valence-corrected chi connectivity index (χ1v) is 9.72. The van der Waals surface area contributed by atoms with E-state index in [1.165, 1.54) is 6.42 Å². The molecule has 0 saturated carbocycles. The monoisotopic (exact) mass is 380 g/mol. The Morgan fingerprint density at radius 2 is 1.89 bits per heavy atom. The number of carbonyl (C=O) groups is 1. The van der Waals surface area contributed by atoms with E-state index in [4.69, 9.17) is 0 Å². The minimum atomic E-state index is -0.172. The second kappa shape index (κ2) is 9.30. The van der Waals surface area contributed by atoms with E-state index in [1.807, 2.05) is 56.3 Å². The molecule has 0 spiro atoms. The van der Waals surface area contributed by atoms with Crippen LogP contribution in [-0.4, -0.2) is 48.0 Å². The molecule has 28 heavy (non-hydrogen) atoms. The standard InChI is InChI=1S/C21H28N6O/c1-16-9-5-6-10-17(16)11-12-19(28)22-15-18-23-20(26(2)3)25-21(24-18)27-13-7-4-8-14-27/h5-6,9-12H,4,7-8,13-15H2,1-3H3,(H,22,28)/b12-11+. The predicted octanol–water partition coefficient (Wildman–Crippen LogP) is 2.57. The zero-order chi connectivity index (χ0) is 19.9. The van der Waals surface area contributed by atoms with Gasteiger partial charge in [0.1, 0.15) is 0 Å². The van der Waals surface area contributed by atoms with E-state index in [2.05, 4.69) is 25.2 Å². The number of aryl methyl sites for hydroxylation is 1. The van der Waals surface area contributed by atoms with E-state index in [0.29, 0.717) is 17.7 Å². The van der Waals surface area contributed by atoms with Gasteiger partial charge in [0, 0.05) is 33.3 Å². The van der Waals surface area contributed by atoms with Gasteiger partial charge in [-0.15, -0.1) is 0 Å². The molecule has 0 radical (unpaired) electrons. The predicted molar refractivity (Wildman–Crippen MR) is 112 cm³/mol. The van der Waals surface area contributed by atoms with E-state index in [0.717, 1.165) is 37.1 Å². The van der Waals surface area contributed by atoms with Gasteiger partial charge in [-0.05, 0) is 43.4 Å². The summed E-state index contributed by atoms with van der Waals surface area (Å²) in [6.07, 6.45) is 6.92. The third kappa shape index (κ3) is 5.28. The van der Waals surface area contributed by atoms with Crippen LogP contribution in [0.1, 0.15) is 36.2 Å². The molecule has 1 aromatic carbocycles. The van der Waals surface area contributed by atoms with E-state index in [9.17, 15) is 4.79 Å². The Labute approximate surface area is 166 Å². The lowest BCUT2D eigenvalue weighted by atomic mass is 10.1. The quantitative estimate of drug-likeness (QED) is 0.777. The number of piperidine rings is 1. The highest BCUT2D eigenvalue weighted by Gasteiger charge is 2.17. The fourth-order valence-corrected chi connectivity index (χ4v) is 3.07. The van der Waals surface area contributed by atoms with Crippen LogP contribution < -0.4 is 15.1 Å². The summed E-state index contributed by atoms with van der Waals surface area (Å²) >= 11 is 0. The van der Waals surface area contributed by atoms with Crippen LogP contribution in [0.5, 0.6) is 0 Å². The number of aromatic nitrogens is 3. The van der Waals surface area contributed by atoms with Gasteiger partial charge in [-0.25, -0.2) is 0 Å². The van der Waals surface area contributed by atoms with Crippen molar-refractivity contribution < 1.29 is 4.79 Å². The molecule has 2 heterocycles. The van der Waals surface area contributed by atoms with Crippen molar-refractivity contribution in [3.8, 4) is 0 Å². The molecule has 7 nitrogen and oxygen atoms in total. The highest BCUT2D eigenvalue weighted by Crippen LogP contribution is 2.18. The summed E-state index contributed by atoms with van der Waals surface area (Å²) in [5.41, 5.74) is 2.16. The van der Waals surface area contributed by atoms with Crippen molar-refractivity contribution in [1.82, 2.24) is 20.3 Å². The van der Waals surface area contributed by atoms with Crippen molar-refractivity contribution >= 4 is 23.9 Å². The van der Waals surface area contributed by atoms with E-state index >= 15 is 0 Å². The molecule has 1 aromatic heterocycles. The Morgan fingerprint density at radius 3 is 2.61 bits per heavy atom. The number of benzene rings is 1. The van der Waals surface area contributed by atoms with Gasteiger partial charge in [-0.2, -0.15) is 15.0 Å². The maximum atomic E-state index is 12.2. The first kappa shape index (κ1) is 19.8. The molecule has 0 atom stereocenters. The summed E-state index contributed by atoms with van der Waals surface area (Å²) in [5, 5.41) is 2.87. The average molecular weight is 380 g/mol. The topological polar surface area (TPSA) is 74.2 Å². The molecule has 0 bridgehead atoms. The molecule has 1 fully saturated rings. The SMILES string of the molecule is Cc1ccccc1/C=C/C(=O)NCc1nc(N(C)C)nc(N2CCCCC2)n1. The van der Waals surface area contributed by atoms with Crippen LogP contribution in [-0.2, 0) is 11.3 Å². The normalized spacial score (nSPS) is 14.3. The summed E-state index contributed by atoms with van der Waals surface area (Å²) in [6, 6.07) is 7.95. The number of rotatable bonds is 6. The Balaban J connectivity index is 1.68. The van der Waals surface area contributed by atoms with Gasteiger partial charge in [-0.1, -0.05) is 24.3 Å². The molecular weight excluding hydrogens is 352 g/mol. The molecule has 0 unspecified atom stereocenters. The number of amides is 1. The summed E-state index contributed by atoms with van der Waals surface area (Å²) in [4.78, 5) is 29.9. The average Bonchev–Trinajstić information content (AvgIpc) is 2.72. The molecule has 1 amide bonds. The smallest absolute Gasteiger partial charge is 0.244 e. The first-order valence-electron chi connectivity index (χ1n) is 9.72. The highest BCUT2D eigenvalue weighted by atomic mass is 16.1. The van der Waals surface area contributed by atoms with Crippen LogP contribution in [0.15, 0.2) is 30.3 Å². The molecule has 2 aromatic rings. The largest absolute Gasteiger partial charge is 0.347 e. The fourth-order valence-electron chi connectivity index (χ4n) is 3.07. The van der Waals surface area contributed by atoms with Crippen molar-refractivity contribution in [1.29, 1.82) is 0 Å². The first-order chi connectivity index (χ1) is 13.5. The molecule has 1 aliphatic heterocycles. The van der Waals surface area contributed by atoms with Crippen molar-refractivity contribution in [2.45, 2.75) is 32.7 Å².